The van der Waals surface area contributed by atoms with Crippen LogP contribution in [0.25, 0.3) is 0 Å². The summed E-state index contributed by atoms with van der Waals surface area (Å²) in [6.07, 6.45) is 6.27. The van der Waals surface area contributed by atoms with Crippen molar-refractivity contribution in [3.05, 3.63) is 34.3 Å². The molecule has 1 aromatic carbocycles. The Morgan fingerprint density at radius 2 is 1.78 bits per heavy atom. The quantitative estimate of drug-likeness (QED) is 0.392. The lowest BCUT2D eigenvalue weighted by Crippen LogP contribution is -2.48. The topological polar surface area (TPSA) is 42.9 Å². The molecule has 0 atom stereocenters. The SMILES string of the molecule is CN=C(NCCCN1CCCC1)NC1CCN(Cc2ccc(Br)cc2)CC1. The first kappa shape index (κ1) is 20.6. The second kappa shape index (κ2) is 11.0. The Balaban J connectivity index is 1.31. The summed E-state index contributed by atoms with van der Waals surface area (Å²) < 4.78 is 1.15. The van der Waals surface area contributed by atoms with Gasteiger partial charge in [-0.2, -0.15) is 0 Å². The molecule has 0 spiro atoms. The molecule has 1 aromatic rings. The van der Waals surface area contributed by atoms with E-state index in [0.717, 1.165) is 36.6 Å². The van der Waals surface area contributed by atoms with Crippen LogP contribution in [0.3, 0.4) is 0 Å². The third-order valence-corrected chi connectivity index (χ3v) is 6.14. The minimum atomic E-state index is 0.524. The number of guanidine groups is 1. The van der Waals surface area contributed by atoms with Crippen molar-refractivity contribution in [1.82, 2.24) is 20.4 Å². The maximum atomic E-state index is 4.41. The number of aliphatic imine (C=N–C) groups is 1. The summed E-state index contributed by atoms with van der Waals surface area (Å²) in [4.78, 5) is 9.53. The van der Waals surface area contributed by atoms with Gasteiger partial charge < -0.3 is 15.5 Å². The van der Waals surface area contributed by atoms with Crippen molar-refractivity contribution in [2.75, 3.05) is 46.3 Å². The fourth-order valence-electron chi connectivity index (χ4n) is 3.99. The van der Waals surface area contributed by atoms with Gasteiger partial charge >= 0.3 is 0 Å². The summed E-state index contributed by atoms with van der Waals surface area (Å²) in [6.45, 7) is 8.09. The predicted molar refractivity (Wildman–Crippen MR) is 117 cm³/mol. The zero-order valence-electron chi connectivity index (χ0n) is 16.6. The van der Waals surface area contributed by atoms with Gasteiger partial charge in [-0.1, -0.05) is 28.1 Å². The summed E-state index contributed by atoms with van der Waals surface area (Å²) in [5.74, 6) is 0.961. The van der Waals surface area contributed by atoms with E-state index in [-0.39, 0.29) is 0 Å². The number of nitrogens with zero attached hydrogens (tertiary/aromatic N) is 3. The maximum Gasteiger partial charge on any atom is 0.191 e. The van der Waals surface area contributed by atoms with E-state index in [4.69, 9.17) is 0 Å². The normalized spacial score (nSPS) is 20.1. The minimum absolute atomic E-state index is 0.524. The van der Waals surface area contributed by atoms with E-state index in [0.29, 0.717) is 6.04 Å². The molecule has 2 aliphatic rings. The van der Waals surface area contributed by atoms with Crippen LogP contribution in [0.1, 0.15) is 37.7 Å². The molecule has 6 heteroatoms. The van der Waals surface area contributed by atoms with Crippen molar-refractivity contribution in [3.8, 4) is 0 Å². The smallest absolute Gasteiger partial charge is 0.191 e. The molecule has 0 radical (unpaired) electrons. The molecular formula is C21H34BrN5. The molecule has 2 N–H and O–H groups in total. The molecule has 2 aliphatic heterocycles. The highest BCUT2D eigenvalue weighted by Crippen LogP contribution is 2.16. The molecule has 2 heterocycles. The van der Waals surface area contributed by atoms with Crippen molar-refractivity contribution in [3.63, 3.8) is 0 Å². The van der Waals surface area contributed by atoms with E-state index < -0.39 is 0 Å². The lowest BCUT2D eigenvalue weighted by atomic mass is 10.0. The highest BCUT2D eigenvalue weighted by molar-refractivity contribution is 9.10. The highest BCUT2D eigenvalue weighted by atomic mass is 79.9. The molecule has 2 fully saturated rings. The van der Waals surface area contributed by atoms with Crippen LogP contribution >= 0.6 is 15.9 Å². The largest absolute Gasteiger partial charge is 0.356 e. The molecular weight excluding hydrogens is 402 g/mol. The Morgan fingerprint density at radius 3 is 2.44 bits per heavy atom. The molecule has 0 aliphatic carbocycles. The molecule has 0 amide bonds. The number of halogens is 1. The summed E-state index contributed by atoms with van der Waals surface area (Å²) in [5.41, 5.74) is 1.39. The van der Waals surface area contributed by atoms with E-state index in [1.165, 1.54) is 57.3 Å². The Labute approximate surface area is 172 Å². The van der Waals surface area contributed by atoms with Gasteiger partial charge in [0.15, 0.2) is 5.96 Å². The average Bonchev–Trinajstić information content (AvgIpc) is 3.21. The Kier molecular flexibility index (Phi) is 8.42. The van der Waals surface area contributed by atoms with E-state index in [9.17, 15) is 0 Å². The van der Waals surface area contributed by atoms with Gasteiger partial charge in [0.25, 0.3) is 0 Å². The van der Waals surface area contributed by atoms with Crippen molar-refractivity contribution in [2.24, 2.45) is 4.99 Å². The Hall–Kier alpha value is -1.11. The van der Waals surface area contributed by atoms with Crippen LogP contribution < -0.4 is 10.6 Å². The monoisotopic (exact) mass is 435 g/mol. The minimum Gasteiger partial charge on any atom is -0.356 e. The molecule has 3 rings (SSSR count). The number of benzene rings is 1. The molecule has 150 valence electrons. The van der Waals surface area contributed by atoms with E-state index in [2.05, 4.69) is 65.6 Å². The Morgan fingerprint density at radius 1 is 1.07 bits per heavy atom. The molecule has 0 saturated carbocycles. The van der Waals surface area contributed by atoms with Crippen LogP contribution in [0.15, 0.2) is 33.7 Å². The van der Waals surface area contributed by atoms with Gasteiger partial charge in [0.05, 0.1) is 0 Å². The average molecular weight is 436 g/mol. The van der Waals surface area contributed by atoms with Gasteiger partial charge in [0, 0.05) is 43.7 Å². The van der Waals surface area contributed by atoms with Crippen LogP contribution in [0.5, 0.6) is 0 Å². The first-order valence-electron chi connectivity index (χ1n) is 10.4. The number of nitrogens with one attached hydrogen (secondary N) is 2. The summed E-state index contributed by atoms with van der Waals surface area (Å²) >= 11 is 3.51. The summed E-state index contributed by atoms with van der Waals surface area (Å²) in [5, 5.41) is 7.11. The summed E-state index contributed by atoms with van der Waals surface area (Å²) in [6, 6.07) is 9.20. The van der Waals surface area contributed by atoms with Crippen molar-refractivity contribution in [2.45, 2.75) is 44.7 Å². The van der Waals surface area contributed by atoms with E-state index in [1.807, 2.05) is 7.05 Å². The van der Waals surface area contributed by atoms with Gasteiger partial charge in [0.2, 0.25) is 0 Å². The second-order valence-corrected chi connectivity index (χ2v) is 8.64. The first-order chi connectivity index (χ1) is 13.2. The highest BCUT2D eigenvalue weighted by Gasteiger charge is 2.20. The van der Waals surface area contributed by atoms with Crippen LogP contribution in [0, 0.1) is 0 Å². The molecule has 5 nitrogen and oxygen atoms in total. The molecule has 2 saturated heterocycles. The number of hydrogen-bond donors (Lipinski definition) is 2. The molecule has 0 unspecified atom stereocenters. The lowest BCUT2D eigenvalue weighted by Gasteiger charge is -2.33. The molecule has 0 aromatic heterocycles. The van der Waals surface area contributed by atoms with Crippen LogP contribution in [0.2, 0.25) is 0 Å². The maximum absolute atomic E-state index is 4.41. The predicted octanol–water partition coefficient (Wildman–Crippen LogP) is 3.06. The third kappa shape index (κ3) is 7.09. The van der Waals surface area contributed by atoms with Crippen molar-refractivity contribution >= 4 is 21.9 Å². The Bertz CT molecular complexity index is 575. The van der Waals surface area contributed by atoms with Gasteiger partial charge in [-0.05, 0) is 69.4 Å². The van der Waals surface area contributed by atoms with Crippen LogP contribution in [0.4, 0.5) is 0 Å². The van der Waals surface area contributed by atoms with Crippen LogP contribution in [-0.4, -0.2) is 68.1 Å². The third-order valence-electron chi connectivity index (χ3n) is 5.61. The van der Waals surface area contributed by atoms with Gasteiger partial charge in [-0.3, -0.25) is 9.89 Å². The fraction of sp³-hybridized carbons (Fsp3) is 0.667. The zero-order valence-corrected chi connectivity index (χ0v) is 18.2. The molecule has 27 heavy (non-hydrogen) atoms. The number of piperidine rings is 1. The number of rotatable bonds is 7. The fourth-order valence-corrected chi connectivity index (χ4v) is 4.25. The van der Waals surface area contributed by atoms with E-state index >= 15 is 0 Å². The zero-order chi connectivity index (χ0) is 18.9. The number of hydrogen-bond acceptors (Lipinski definition) is 3. The van der Waals surface area contributed by atoms with Crippen LogP contribution in [-0.2, 0) is 6.54 Å². The van der Waals surface area contributed by atoms with Crippen molar-refractivity contribution < 1.29 is 0 Å². The van der Waals surface area contributed by atoms with E-state index in [1.54, 1.807) is 0 Å². The number of likely N-dealkylation sites (tertiary alicyclic amines) is 2. The molecule has 0 bridgehead atoms. The summed E-state index contributed by atoms with van der Waals surface area (Å²) in [7, 11) is 1.87. The van der Waals surface area contributed by atoms with Gasteiger partial charge in [0.1, 0.15) is 0 Å². The van der Waals surface area contributed by atoms with Gasteiger partial charge in [-0.15, -0.1) is 0 Å². The van der Waals surface area contributed by atoms with Crippen molar-refractivity contribution in [1.29, 1.82) is 0 Å². The lowest BCUT2D eigenvalue weighted by molar-refractivity contribution is 0.198. The standard InChI is InChI=1S/C21H34BrN5/c1-23-21(24-11-4-14-26-12-2-3-13-26)25-20-9-15-27(16-10-20)17-18-5-7-19(22)8-6-18/h5-8,20H,2-4,9-17H2,1H3,(H2,23,24,25). The second-order valence-electron chi connectivity index (χ2n) is 7.72. The van der Waals surface area contributed by atoms with Gasteiger partial charge in [-0.25, -0.2) is 0 Å². The first-order valence-corrected chi connectivity index (χ1v) is 11.2.